The molecule has 0 bridgehead atoms. The van der Waals surface area contributed by atoms with Crippen LogP contribution in [0.25, 0.3) is 0 Å². The Morgan fingerprint density at radius 1 is 1.08 bits per heavy atom. The molecule has 1 saturated heterocycles. The predicted octanol–water partition coefficient (Wildman–Crippen LogP) is 3.79. The number of anilines is 1. The van der Waals surface area contributed by atoms with Crippen LogP contribution >= 0.6 is 0 Å². The molecule has 1 heterocycles. The summed E-state index contributed by atoms with van der Waals surface area (Å²) in [5.74, 6) is 0.307. The van der Waals surface area contributed by atoms with Crippen LogP contribution in [-0.2, 0) is 14.4 Å². The highest BCUT2D eigenvalue weighted by molar-refractivity contribution is 6.01. The molecule has 9 nitrogen and oxygen atoms in total. The molecular formula is C27H40N4O5. The largest absolute Gasteiger partial charge is 0.495 e. The Morgan fingerprint density at radius 3 is 2.58 bits per heavy atom. The van der Waals surface area contributed by atoms with E-state index in [1.807, 2.05) is 6.07 Å². The Hall–Kier alpha value is -3.10. The van der Waals surface area contributed by atoms with Crippen molar-refractivity contribution in [1.82, 2.24) is 15.1 Å². The quantitative estimate of drug-likeness (QED) is 0.425. The number of fused-ring (bicyclic) bond motifs is 1. The van der Waals surface area contributed by atoms with Gasteiger partial charge in [0.05, 0.1) is 18.7 Å². The maximum absolute atomic E-state index is 13.4. The fourth-order valence-electron chi connectivity index (χ4n) is 4.99. The van der Waals surface area contributed by atoms with Gasteiger partial charge in [-0.05, 0) is 50.2 Å². The molecule has 1 saturated carbocycles. The van der Waals surface area contributed by atoms with Crippen molar-refractivity contribution in [2.75, 3.05) is 32.1 Å². The van der Waals surface area contributed by atoms with Crippen molar-refractivity contribution in [3.63, 3.8) is 0 Å². The highest BCUT2D eigenvalue weighted by Gasteiger charge is 2.47. The predicted molar refractivity (Wildman–Crippen MR) is 138 cm³/mol. The Kier molecular flexibility index (Phi) is 10.1. The van der Waals surface area contributed by atoms with Crippen molar-refractivity contribution in [2.24, 2.45) is 11.8 Å². The number of imide groups is 1. The number of nitrogens with one attached hydrogen (secondary N) is 2. The Labute approximate surface area is 213 Å². The van der Waals surface area contributed by atoms with Crippen molar-refractivity contribution in [2.45, 2.75) is 71.3 Å². The lowest BCUT2D eigenvalue weighted by Crippen LogP contribution is -2.63. The first-order chi connectivity index (χ1) is 17.3. The summed E-state index contributed by atoms with van der Waals surface area (Å²) in [6.45, 7) is 5.02. The average molecular weight is 501 g/mol. The van der Waals surface area contributed by atoms with E-state index in [1.165, 1.54) is 12.0 Å². The summed E-state index contributed by atoms with van der Waals surface area (Å²) in [6, 6.07) is 6.43. The fourth-order valence-corrected chi connectivity index (χ4v) is 4.99. The number of hydrogen-bond donors (Lipinski definition) is 2. The van der Waals surface area contributed by atoms with Gasteiger partial charge in [-0.3, -0.25) is 19.3 Å². The van der Waals surface area contributed by atoms with Crippen molar-refractivity contribution in [3.8, 4) is 5.75 Å². The molecule has 2 unspecified atom stereocenters. The van der Waals surface area contributed by atoms with Gasteiger partial charge in [0.25, 0.3) is 0 Å². The number of methoxy groups -OCH3 is 1. The molecule has 0 spiro atoms. The lowest BCUT2D eigenvalue weighted by atomic mass is 9.81. The maximum atomic E-state index is 13.4. The zero-order valence-electron chi connectivity index (χ0n) is 21.8. The van der Waals surface area contributed by atoms with Gasteiger partial charge >= 0.3 is 6.03 Å². The highest BCUT2D eigenvalue weighted by atomic mass is 16.5. The SMILES string of the molecule is COc1ccccc1NC(=O)CN1C(=O)N(CCCCC(=O)NCCC(C)C)C(=O)C2CCCCC21. The number of urea groups is 1. The molecule has 36 heavy (non-hydrogen) atoms. The zero-order valence-corrected chi connectivity index (χ0v) is 21.8. The van der Waals surface area contributed by atoms with Crippen LogP contribution in [0, 0.1) is 11.8 Å². The van der Waals surface area contributed by atoms with E-state index in [2.05, 4.69) is 24.5 Å². The topological polar surface area (TPSA) is 108 Å². The van der Waals surface area contributed by atoms with E-state index < -0.39 is 6.03 Å². The first-order valence-electron chi connectivity index (χ1n) is 13.1. The van der Waals surface area contributed by atoms with Crippen molar-refractivity contribution < 1.29 is 23.9 Å². The van der Waals surface area contributed by atoms with Crippen LogP contribution in [0.4, 0.5) is 10.5 Å². The Morgan fingerprint density at radius 2 is 1.83 bits per heavy atom. The van der Waals surface area contributed by atoms with E-state index in [0.29, 0.717) is 49.6 Å². The number of rotatable bonds is 12. The molecule has 0 aromatic heterocycles. The second-order valence-corrected chi connectivity index (χ2v) is 10.1. The summed E-state index contributed by atoms with van der Waals surface area (Å²) in [6.07, 6.45) is 5.74. The standard InChI is InChI=1S/C27H40N4O5/c1-19(2)15-16-28-24(32)14-8-9-17-30-26(34)20-10-4-6-12-22(20)31(27(30)35)18-25(33)29-21-11-5-7-13-23(21)36-3/h5,7,11,13,19-20,22H,4,6,8-10,12,14-18H2,1-3H3,(H,28,32)(H,29,33). The van der Waals surface area contributed by atoms with Gasteiger partial charge in [0.15, 0.2) is 0 Å². The van der Waals surface area contributed by atoms with E-state index >= 15 is 0 Å². The number of amides is 5. The number of unbranched alkanes of at least 4 members (excludes halogenated alkanes) is 1. The second kappa shape index (κ2) is 13.3. The molecule has 9 heteroatoms. The Balaban J connectivity index is 1.59. The third kappa shape index (κ3) is 7.21. The van der Waals surface area contributed by atoms with Gasteiger partial charge in [-0.2, -0.15) is 0 Å². The van der Waals surface area contributed by atoms with Crippen molar-refractivity contribution >= 4 is 29.4 Å². The maximum Gasteiger partial charge on any atom is 0.327 e. The van der Waals surface area contributed by atoms with Gasteiger partial charge in [0, 0.05) is 25.6 Å². The molecule has 2 aliphatic rings. The average Bonchev–Trinajstić information content (AvgIpc) is 2.86. The third-order valence-electron chi connectivity index (χ3n) is 6.96. The smallest absolute Gasteiger partial charge is 0.327 e. The summed E-state index contributed by atoms with van der Waals surface area (Å²) >= 11 is 0. The minimum Gasteiger partial charge on any atom is -0.495 e. The minimum atomic E-state index is -0.417. The zero-order chi connectivity index (χ0) is 26.1. The minimum absolute atomic E-state index is 0.00562. The van der Waals surface area contributed by atoms with Gasteiger partial charge in [0.1, 0.15) is 12.3 Å². The third-order valence-corrected chi connectivity index (χ3v) is 6.96. The lowest BCUT2D eigenvalue weighted by molar-refractivity contribution is -0.141. The van der Waals surface area contributed by atoms with Gasteiger partial charge < -0.3 is 20.3 Å². The fraction of sp³-hybridized carbons (Fsp3) is 0.630. The molecule has 1 aliphatic heterocycles. The van der Waals surface area contributed by atoms with E-state index in [0.717, 1.165) is 25.7 Å². The summed E-state index contributed by atoms with van der Waals surface area (Å²) in [7, 11) is 1.53. The van der Waals surface area contributed by atoms with Crippen molar-refractivity contribution in [3.05, 3.63) is 24.3 Å². The number of benzene rings is 1. The van der Waals surface area contributed by atoms with Gasteiger partial charge in [-0.15, -0.1) is 0 Å². The molecule has 0 radical (unpaired) electrons. The van der Waals surface area contributed by atoms with E-state index in [-0.39, 0.29) is 42.8 Å². The van der Waals surface area contributed by atoms with E-state index in [1.54, 1.807) is 23.1 Å². The number of ether oxygens (including phenoxy) is 1. The van der Waals surface area contributed by atoms with Gasteiger partial charge in [-0.1, -0.05) is 38.8 Å². The molecule has 198 valence electrons. The summed E-state index contributed by atoms with van der Waals surface area (Å²) < 4.78 is 5.30. The molecule has 5 amide bonds. The van der Waals surface area contributed by atoms with Crippen LogP contribution in [-0.4, -0.2) is 66.3 Å². The number of para-hydroxylation sites is 2. The number of carbonyl (C=O) groups is 4. The summed E-state index contributed by atoms with van der Waals surface area (Å²) in [4.78, 5) is 54.4. The van der Waals surface area contributed by atoms with Crippen LogP contribution in [0.3, 0.4) is 0 Å². The molecule has 1 aliphatic carbocycles. The van der Waals surface area contributed by atoms with Crippen molar-refractivity contribution in [1.29, 1.82) is 0 Å². The van der Waals surface area contributed by atoms with E-state index in [9.17, 15) is 19.2 Å². The van der Waals surface area contributed by atoms with Gasteiger partial charge in [0.2, 0.25) is 17.7 Å². The first kappa shape index (κ1) is 27.5. The number of hydrogen-bond acceptors (Lipinski definition) is 5. The molecule has 2 fully saturated rings. The van der Waals surface area contributed by atoms with Crippen LogP contribution < -0.4 is 15.4 Å². The molecule has 2 N–H and O–H groups in total. The number of nitrogens with zero attached hydrogens (tertiary/aromatic N) is 2. The molecule has 1 aromatic rings. The first-order valence-corrected chi connectivity index (χ1v) is 13.1. The second-order valence-electron chi connectivity index (χ2n) is 10.1. The van der Waals surface area contributed by atoms with Crippen LogP contribution in [0.2, 0.25) is 0 Å². The monoisotopic (exact) mass is 500 g/mol. The van der Waals surface area contributed by atoms with E-state index in [4.69, 9.17) is 4.74 Å². The molecule has 2 atom stereocenters. The lowest BCUT2D eigenvalue weighted by Gasteiger charge is -2.46. The van der Waals surface area contributed by atoms with Crippen LogP contribution in [0.5, 0.6) is 5.75 Å². The molecule has 1 aromatic carbocycles. The Bertz CT molecular complexity index is 934. The highest BCUT2D eigenvalue weighted by Crippen LogP contribution is 2.34. The van der Waals surface area contributed by atoms with Gasteiger partial charge in [-0.25, -0.2) is 4.79 Å². The normalized spacial score (nSPS) is 19.8. The summed E-state index contributed by atoms with van der Waals surface area (Å²) in [5.41, 5.74) is 0.536. The molecule has 3 rings (SSSR count). The van der Waals surface area contributed by atoms with Crippen LogP contribution in [0.1, 0.15) is 65.2 Å². The summed E-state index contributed by atoms with van der Waals surface area (Å²) in [5, 5.41) is 5.75. The molecular weight excluding hydrogens is 460 g/mol. The van der Waals surface area contributed by atoms with Crippen LogP contribution in [0.15, 0.2) is 24.3 Å². The number of carbonyl (C=O) groups excluding carboxylic acids is 4.